The molecule has 18 heavy (non-hydrogen) atoms. The molecule has 0 radical (unpaired) electrons. The third-order valence-corrected chi connectivity index (χ3v) is 3.43. The van der Waals surface area contributed by atoms with Crippen molar-refractivity contribution in [2.75, 3.05) is 0 Å². The molecule has 0 amide bonds. The molecule has 4 heteroatoms. The first-order chi connectivity index (χ1) is 8.52. The van der Waals surface area contributed by atoms with E-state index < -0.39 is 5.97 Å². The van der Waals surface area contributed by atoms with E-state index >= 15 is 0 Å². The van der Waals surface area contributed by atoms with Crippen LogP contribution in [0.5, 0.6) is 0 Å². The molecule has 100 valence electrons. The maximum absolute atomic E-state index is 10.5. The van der Waals surface area contributed by atoms with Gasteiger partial charge in [-0.3, -0.25) is 4.79 Å². The van der Waals surface area contributed by atoms with Gasteiger partial charge in [0.2, 0.25) is 0 Å². The van der Waals surface area contributed by atoms with Crippen molar-refractivity contribution in [1.82, 2.24) is 0 Å². The summed E-state index contributed by atoms with van der Waals surface area (Å²) in [6.45, 7) is 2.15. The number of benzene rings is 1. The highest BCUT2D eigenvalue weighted by molar-refractivity contribution is 6.31. The molecule has 1 aromatic carbocycles. The molecule has 2 nitrogen and oxygen atoms in total. The largest absolute Gasteiger partial charge is 0.481 e. The predicted molar refractivity (Wildman–Crippen MR) is 75.7 cm³/mol. The number of alkyl halides is 1. The first-order valence-electron chi connectivity index (χ1n) is 6.16. The summed E-state index contributed by atoms with van der Waals surface area (Å²) in [4.78, 5) is 10.5. The molecular weight excluding hydrogens is 271 g/mol. The van der Waals surface area contributed by atoms with Crippen LogP contribution in [0.1, 0.15) is 37.3 Å². The van der Waals surface area contributed by atoms with Gasteiger partial charge in [-0.05, 0) is 36.5 Å². The average Bonchev–Trinajstić information content (AvgIpc) is 2.26. The monoisotopic (exact) mass is 288 g/mol. The molecule has 1 atom stereocenters. The molecule has 0 fully saturated rings. The Morgan fingerprint density at radius 1 is 1.44 bits per heavy atom. The topological polar surface area (TPSA) is 37.3 Å². The van der Waals surface area contributed by atoms with Gasteiger partial charge in [0.05, 0.1) is 6.42 Å². The van der Waals surface area contributed by atoms with Gasteiger partial charge in [-0.1, -0.05) is 37.1 Å². The van der Waals surface area contributed by atoms with Gasteiger partial charge in [0.1, 0.15) is 0 Å². The summed E-state index contributed by atoms with van der Waals surface area (Å²) >= 11 is 12.2. The fourth-order valence-electron chi connectivity index (χ4n) is 1.81. The highest BCUT2D eigenvalue weighted by atomic mass is 35.5. The minimum atomic E-state index is -0.874. The van der Waals surface area contributed by atoms with Crippen molar-refractivity contribution < 1.29 is 9.90 Å². The second kappa shape index (κ2) is 7.65. The Morgan fingerprint density at radius 2 is 2.17 bits per heavy atom. The Morgan fingerprint density at radius 3 is 2.72 bits per heavy atom. The van der Waals surface area contributed by atoms with E-state index in [4.69, 9.17) is 28.3 Å². The number of aliphatic carboxylic acids is 1. The number of carboxylic acid groups (broad SMARTS) is 1. The molecule has 0 aliphatic carbocycles. The van der Waals surface area contributed by atoms with E-state index in [1.54, 1.807) is 0 Å². The number of halogens is 2. The van der Waals surface area contributed by atoms with Crippen LogP contribution in [0.4, 0.5) is 0 Å². The van der Waals surface area contributed by atoms with Crippen LogP contribution in [0.3, 0.4) is 0 Å². The van der Waals surface area contributed by atoms with E-state index in [9.17, 15) is 4.79 Å². The van der Waals surface area contributed by atoms with Crippen molar-refractivity contribution in [3.63, 3.8) is 0 Å². The zero-order valence-corrected chi connectivity index (χ0v) is 12.0. The molecule has 0 saturated carbocycles. The van der Waals surface area contributed by atoms with E-state index in [0.717, 1.165) is 35.4 Å². The lowest BCUT2D eigenvalue weighted by molar-refractivity contribution is -0.137. The standard InChI is InChI=1S/C14H18Cl2O2/c1-2-3-4-11-6-5-10(8-13(11)16)7-12(15)9-14(17)18/h5-6,8,12H,2-4,7,9H2,1H3,(H,17,18). The van der Waals surface area contributed by atoms with E-state index in [2.05, 4.69) is 6.92 Å². The second-order valence-corrected chi connectivity index (χ2v) is 5.45. The Hall–Kier alpha value is -0.730. The number of aryl methyl sites for hydroxylation is 1. The highest BCUT2D eigenvalue weighted by Gasteiger charge is 2.11. The Bertz CT molecular complexity index is 405. The van der Waals surface area contributed by atoms with Crippen LogP contribution in [0.15, 0.2) is 18.2 Å². The predicted octanol–water partition coefficient (Wildman–Crippen LogP) is 4.31. The van der Waals surface area contributed by atoms with Gasteiger partial charge in [0, 0.05) is 10.4 Å². The molecule has 0 aromatic heterocycles. The number of carboxylic acids is 1. The van der Waals surface area contributed by atoms with Gasteiger partial charge in [-0.15, -0.1) is 11.6 Å². The van der Waals surface area contributed by atoms with Gasteiger partial charge in [0.15, 0.2) is 0 Å². The van der Waals surface area contributed by atoms with Crippen LogP contribution in [-0.2, 0) is 17.6 Å². The van der Waals surface area contributed by atoms with E-state index in [0.29, 0.717) is 6.42 Å². The fourth-order valence-corrected chi connectivity index (χ4v) is 2.41. The summed E-state index contributed by atoms with van der Waals surface area (Å²) in [5.41, 5.74) is 2.13. The van der Waals surface area contributed by atoms with Crippen molar-refractivity contribution in [2.45, 2.75) is 44.4 Å². The van der Waals surface area contributed by atoms with Crippen molar-refractivity contribution in [3.05, 3.63) is 34.3 Å². The lowest BCUT2D eigenvalue weighted by Gasteiger charge is -2.09. The molecule has 1 rings (SSSR count). The molecule has 1 N–H and O–H groups in total. The third-order valence-electron chi connectivity index (χ3n) is 2.77. The molecular formula is C14H18Cl2O2. The number of unbranched alkanes of at least 4 members (excludes halogenated alkanes) is 1. The van der Waals surface area contributed by atoms with Gasteiger partial charge >= 0.3 is 5.97 Å². The van der Waals surface area contributed by atoms with Crippen molar-refractivity contribution in [3.8, 4) is 0 Å². The Kier molecular flexibility index (Phi) is 6.51. The Balaban J connectivity index is 2.63. The van der Waals surface area contributed by atoms with Crippen LogP contribution in [0, 0.1) is 0 Å². The van der Waals surface area contributed by atoms with Crippen LogP contribution in [0.25, 0.3) is 0 Å². The van der Waals surface area contributed by atoms with E-state index in [1.165, 1.54) is 0 Å². The summed E-state index contributed by atoms with van der Waals surface area (Å²) in [6, 6.07) is 5.88. The normalized spacial score (nSPS) is 12.4. The summed E-state index contributed by atoms with van der Waals surface area (Å²) in [7, 11) is 0. The SMILES string of the molecule is CCCCc1ccc(CC(Cl)CC(=O)O)cc1Cl. The van der Waals surface area contributed by atoms with Gasteiger partial charge in [-0.2, -0.15) is 0 Å². The molecule has 0 saturated heterocycles. The molecule has 1 aromatic rings. The lowest BCUT2D eigenvalue weighted by atomic mass is 10.0. The summed E-state index contributed by atoms with van der Waals surface area (Å²) < 4.78 is 0. The second-order valence-electron chi connectivity index (χ2n) is 4.43. The zero-order chi connectivity index (χ0) is 13.5. The first kappa shape index (κ1) is 15.3. The number of rotatable bonds is 7. The number of hydrogen-bond donors (Lipinski definition) is 1. The van der Waals surface area contributed by atoms with Crippen LogP contribution < -0.4 is 0 Å². The fraction of sp³-hybridized carbons (Fsp3) is 0.500. The van der Waals surface area contributed by atoms with Crippen LogP contribution in [0.2, 0.25) is 5.02 Å². The minimum absolute atomic E-state index is 0.0310. The maximum atomic E-state index is 10.5. The molecule has 0 bridgehead atoms. The number of hydrogen-bond acceptors (Lipinski definition) is 1. The molecule has 0 heterocycles. The van der Waals surface area contributed by atoms with Crippen molar-refractivity contribution in [2.24, 2.45) is 0 Å². The van der Waals surface area contributed by atoms with Crippen LogP contribution >= 0.6 is 23.2 Å². The van der Waals surface area contributed by atoms with Gasteiger partial charge < -0.3 is 5.11 Å². The van der Waals surface area contributed by atoms with E-state index in [-0.39, 0.29) is 11.8 Å². The molecule has 1 unspecified atom stereocenters. The Labute approximate surface area is 118 Å². The molecule has 0 aliphatic heterocycles. The minimum Gasteiger partial charge on any atom is -0.481 e. The third kappa shape index (κ3) is 5.28. The molecule has 0 aliphatic rings. The first-order valence-corrected chi connectivity index (χ1v) is 6.97. The summed E-state index contributed by atoms with van der Waals surface area (Å²) in [6.07, 6.45) is 3.74. The van der Waals surface area contributed by atoms with Gasteiger partial charge in [-0.25, -0.2) is 0 Å². The van der Waals surface area contributed by atoms with Crippen LogP contribution in [-0.4, -0.2) is 16.5 Å². The smallest absolute Gasteiger partial charge is 0.304 e. The van der Waals surface area contributed by atoms with Gasteiger partial charge in [0.25, 0.3) is 0 Å². The highest BCUT2D eigenvalue weighted by Crippen LogP contribution is 2.22. The van der Waals surface area contributed by atoms with Crippen molar-refractivity contribution in [1.29, 1.82) is 0 Å². The maximum Gasteiger partial charge on any atom is 0.304 e. The zero-order valence-electron chi connectivity index (χ0n) is 10.5. The van der Waals surface area contributed by atoms with Crippen molar-refractivity contribution >= 4 is 29.2 Å². The summed E-state index contributed by atoms with van der Waals surface area (Å²) in [5.74, 6) is -0.874. The summed E-state index contributed by atoms with van der Waals surface area (Å²) in [5, 5.41) is 9.01. The average molecular weight is 289 g/mol. The van der Waals surface area contributed by atoms with E-state index in [1.807, 2.05) is 18.2 Å². The quantitative estimate of drug-likeness (QED) is 0.759. The lowest BCUT2D eigenvalue weighted by Crippen LogP contribution is -2.10. The number of carbonyl (C=O) groups is 1. The molecule has 0 spiro atoms.